The summed E-state index contributed by atoms with van der Waals surface area (Å²) < 4.78 is 0.952. The van der Waals surface area contributed by atoms with Crippen molar-refractivity contribution < 1.29 is 0 Å². The van der Waals surface area contributed by atoms with Crippen LogP contribution in [0, 0.1) is 5.92 Å². The van der Waals surface area contributed by atoms with Crippen LogP contribution in [0.2, 0.25) is 0 Å². The highest BCUT2D eigenvalue weighted by molar-refractivity contribution is 14.1. The third-order valence-electron chi connectivity index (χ3n) is 4.23. The van der Waals surface area contributed by atoms with Crippen LogP contribution in [-0.2, 0) is 0 Å². The molecule has 0 bridgehead atoms. The van der Waals surface area contributed by atoms with Gasteiger partial charge in [0.15, 0.2) is 0 Å². The van der Waals surface area contributed by atoms with E-state index in [4.69, 9.17) is 0 Å². The van der Waals surface area contributed by atoms with Crippen LogP contribution in [0.5, 0.6) is 0 Å². The zero-order valence-electron chi connectivity index (χ0n) is 11.7. The van der Waals surface area contributed by atoms with Crippen LogP contribution in [0.3, 0.4) is 0 Å². The summed E-state index contributed by atoms with van der Waals surface area (Å²) in [5.74, 6) is 1.02. The van der Waals surface area contributed by atoms with Crippen LogP contribution in [0.1, 0.15) is 90.4 Å². The summed E-state index contributed by atoms with van der Waals surface area (Å²) in [6.45, 7) is 2.35. The molecule has 0 heterocycles. The molecule has 1 fully saturated rings. The molecule has 0 nitrogen and oxygen atoms in total. The third kappa shape index (κ3) is 7.69. The highest BCUT2D eigenvalue weighted by atomic mass is 127. The fourth-order valence-electron chi connectivity index (χ4n) is 3.10. The smallest absolute Gasteiger partial charge is 0.0138 e. The van der Waals surface area contributed by atoms with Crippen molar-refractivity contribution in [2.45, 2.75) is 94.3 Å². The lowest BCUT2D eigenvalue weighted by Gasteiger charge is -2.22. The van der Waals surface area contributed by atoms with Crippen molar-refractivity contribution in [3.63, 3.8) is 0 Å². The predicted molar refractivity (Wildman–Crippen MR) is 87.0 cm³/mol. The molecule has 0 aromatic carbocycles. The lowest BCUT2D eigenvalue weighted by molar-refractivity contribution is 0.401. The van der Waals surface area contributed by atoms with Crippen LogP contribution in [0.25, 0.3) is 0 Å². The van der Waals surface area contributed by atoms with Gasteiger partial charge in [-0.15, -0.1) is 0 Å². The van der Waals surface area contributed by atoms with E-state index in [1.165, 1.54) is 83.5 Å². The maximum atomic E-state index is 2.75. The summed E-state index contributed by atoms with van der Waals surface area (Å²) in [5, 5.41) is 0. The minimum atomic E-state index is 0.952. The fourth-order valence-corrected chi connectivity index (χ4v) is 4.26. The standard InChI is InChI=1S/C16H31I/c1-2-12-15-13-10-8-6-4-3-5-7-9-11-14-16(15)17/h15-16H,2-14H2,1H3. The number of hydrogen-bond donors (Lipinski definition) is 0. The van der Waals surface area contributed by atoms with Gasteiger partial charge in [-0.1, -0.05) is 93.7 Å². The minimum Gasteiger partial charge on any atom is -0.0823 e. The second kappa shape index (κ2) is 10.6. The summed E-state index contributed by atoms with van der Waals surface area (Å²) in [6, 6.07) is 0. The van der Waals surface area contributed by atoms with Crippen molar-refractivity contribution in [2.75, 3.05) is 0 Å². The number of rotatable bonds is 2. The molecule has 0 radical (unpaired) electrons. The molecule has 2 atom stereocenters. The zero-order valence-corrected chi connectivity index (χ0v) is 13.9. The molecule has 0 aromatic heterocycles. The molecular weight excluding hydrogens is 319 g/mol. The molecule has 102 valence electrons. The first-order valence-electron chi connectivity index (χ1n) is 7.98. The monoisotopic (exact) mass is 350 g/mol. The van der Waals surface area contributed by atoms with Crippen molar-refractivity contribution in [3.05, 3.63) is 0 Å². The van der Waals surface area contributed by atoms with E-state index in [1.54, 1.807) is 0 Å². The SMILES string of the molecule is CCCC1CCCCCCCCCCCC1I. The largest absolute Gasteiger partial charge is 0.0823 e. The average Bonchev–Trinajstić information content (AvgIpc) is 2.35. The topological polar surface area (TPSA) is 0 Å². The minimum absolute atomic E-state index is 0.952. The molecule has 1 rings (SSSR count). The van der Waals surface area contributed by atoms with Crippen molar-refractivity contribution in [1.82, 2.24) is 0 Å². The lowest BCUT2D eigenvalue weighted by Crippen LogP contribution is -2.14. The maximum Gasteiger partial charge on any atom is 0.0138 e. The van der Waals surface area contributed by atoms with Crippen LogP contribution < -0.4 is 0 Å². The van der Waals surface area contributed by atoms with Gasteiger partial charge in [-0.2, -0.15) is 0 Å². The van der Waals surface area contributed by atoms with Crippen molar-refractivity contribution in [2.24, 2.45) is 5.92 Å². The van der Waals surface area contributed by atoms with Crippen LogP contribution in [0.15, 0.2) is 0 Å². The first kappa shape index (κ1) is 15.8. The molecule has 1 aliphatic rings. The average molecular weight is 350 g/mol. The second-order valence-corrected chi connectivity index (χ2v) is 7.42. The summed E-state index contributed by atoms with van der Waals surface area (Å²) >= 11 is 2.75. The van der Waals surface area contributed by atoms with Gasteiger partial charge in [0.05, 0.1) is 0 Å². The summed E-state index contributed by atoms with van der Waals surface area (Å²) in [5.41, 5.74) is 0. The summed E-state index contributed by atoms with van der Waals surface area (Å²) in [4.78, 5) is 0. The molecule has 0 N–H and O–H groups in total. The Morgan fingerprint density at radius 1 is 0.765 bits per heavy atom. The van der Waals surface area contributed by atoms with Gasteiger partial charge in [-0.25, -0.2) is 0 Å². The van der Waals surface area contributed by atoms with E-state index in [-0.39, 0.29) is 0 Å². The highest BCUT2D eigenvalue weighted by Crippen LogP contribution is 2.29. The molecule has 1 heteroatoms. The second-order valence-electron chi connectivity index (χ2n) is 5.82. The number of halogens is 1. The van der Waals surface area contributed by atoms with Gasteiger partial charge < -0.3 is 0 Å². The lowest BCUT2D eigenvalue weighted by atomic mass is 9.91. The Hall–Kier alpha value is 0.730. The van der Waals surface area contributed by atoms with E-state index in [0.717, 1.165) is 9.84 Å². The summed E-state index contributed by atoms with van der Waals surface area (Å²) in [7, 11) is 0. The molecule has 17 heavy (non-hydrogen) atoms. The van der Waals surface area contributed by atoms with Crippen LogP contribution in [0.4, 0.5) is 0 Å². The Balaban J connectivity index is 2.34. The van der Waals surface area contributed by atoms with Crippen molar-refractivity contribution >= 4 is 22.6 Å². The van der Waals surface area contributed by atoms with Gasteiger partial charge in [-0.3, -0.25) is 0 Å². The Morgan fingerprint density at radius 3 is 1.76 bits per heavy atom. The molecule has 0 saturated heterocycles. The van der Waals surface area contributed by atoms with Crippen LogP contribution in [-0.4, -0.2) is 3.92 Å². The number of alkyl halides is 1. The molecule has 2 unspecified atom stereocenters. The first-order valence-corrected chi connectivity index (χ1v) is 9.23. The fraction of sp³-hybridized carbons (Fsp3) is 1.00. The molecule has 0 aliphatic heterocycles. The maximum absolute atomic E-state index is 2.75. The first-order chi connectivity index (χ1) is 8.34. The third-order valence-corrected chi connectivity index (χ3v) is 5.87. The Morgan fingerprint density at radius 2 is 1.24 bits per heavy atom. The molecule has 1 saturated carbocycles. The van der Waals surface area contributed by atoms with Gasteiger partial charge in [0.2, 0.25) is 0 Å². The molecular formula is C16H31I. The zero-order chi connectivity index (χ0) is 12.3. The van der Waals surface area contributed by atoms with Gasteiger partial charge >= 0.3 is 0 Å². The normalized spacial score (nSPS) is 30.0. The Bertz CT molecular complexity index is 167. The van der Waals surface area contributed by atoms with E-state index in [2.05, 4.69) is 29.5 Å². The Labute approximate surface area is 122 Å². The van der Waals surface area contributed by atoms with Crippen LogP contribution >= 0.6 is 22.6 Å². The van der Waals surface area contributed by atoms with E-state index >= 15 is 0 Å². The molecule has 0 spiro atoms. The van der Waals surface area contributed by atoms with Gasteiger partial charge in [0, 0.05) is 3.92 Å². The van der Waals surface area contributed by atoms with E-state index in [0.29, 0.717) is 0 Å². The van der Waals surface area contributed by atoms with Crippen molar-refractivity contribution in [3.8, 4) is 0 Å². The van der Waals surface area contributed by atoms with Gasteiger partial charge in [0.1, 0.15) is 0 Å². The van der Waals surface area contributed by atoms with E-state index in [1.807, 2.05) is 0 Å². The molecule has 1 aliphatic carbocycles. The molecule has 0 aromatic rings. The molecule has 0 amide bonds. The van der Waals surface area contributed by atoms with Gasteiger partial charge in [-0.05, 0) is 25.2 Å². The quantitative estimate of drug-likeness (QED) is 0.393. The Kier molecular flexibility index (Phi) is 9.87. The van der Waals surface area contributed by atoms with Crippen molar-refractivity contribution in [1.29, 1.82) is 0 Å². The van der Waals surface area contributed by atoms with E-state index in [9.17, 15) is 0 Å². The van der Waals surface area contributed by atoms with Gasteiger partial charge in [0.25, 0.3) is 0 Å². The number of hydrogen-bond acceptors (Lipinski definition) is 0. The highest BCUT2D eigenvalue weighted by Gasteiger charge is 2.17. The summed E-state index contributed by atoms with van der Waals surface area (Å²) in [6.07, 6.45) is 19.2. The predicted octanol–water partition coefficient (Wildman–Crippen LogP) is 6.51. The van der Waals surface area contributed by atoms with E-state index < -0.39 is 0 Å².